The molecule has 1 aromatic carbocycles. The van der Waals surface area contributed by atoms with Crippen LogP contribution in [-0.2, 0) is 11.8 Å². The van der Waals surface area contributed by atoms with Crippen molar-refractivity contribution in [3.05, 3.63) is 48.6 Å². The Bertz CT molecular complexity index is 1430. The minimum atomic E-state index is -0.523. The van der Waals surface area contributed by atoms with Crippen LogP contribution in [0.3, 0.4) is 0 Å². The Balaban J connectivity index is 1.55. The highest BCUT2D eigenvalue weighted by Gasteiger charge is 2.27. The fourth-order valence-corrected chi connectivity index (χ4v) is 5.06. The number of fused-ring (bicyclic) bond motifs is 1. The number of carbonyl (C=O) groups excluding carboxylic acids is 1. The Labute approximate surface area is 207 Å². The lowest BCUT2D eigenvalue weighted by Gasteiger charge is -2.29. The number of benzene rings is 1. The van der Waals surface area contributed by atoms with Gasteiger partial charge < -0.3 is 19.9 Å². The van der Waals surface area contributed by atoms with Crippen molar-refractivity contribution in [3.8, 4) is 22.0 Å². The van der Waals surface area contributed by atoms with Crippen molar-refractivity contribution in [3.63, 3.8) is 0 Å². The summed E-state index contributed by atoms with van der Waals surface area (Å²) in [6.45, 7) is 6.66. The lowest BCUT2D eigenvalue weighted by molar-refractivity contribution is 0.0270. The van der Waals surface area contributed by atoms with E-state index in [1.165, 1.54) is 17.7 Å². The standard InChI is InChI=1S/C25H27N7O2S/c1-25(2,3)34-24(33)32-12-10-16(11-13-32)21-29-17(15-8-6-5-7-9-15)19(31(21)4)23-30-18-20(26)27-14-28-22(18)35-23/h5-10,14H,11-13H2,1-4H3,(H2,26,27,28). The molecule has 9 nitrogen and oxygen atoms in total. The number of nitrogens with zero attached hydrogens (tertiary/aromatic N) is 6. The van der Waals surface area contributed by atoms with Crippen LogP contribution in [-0.4, -0.2) is 54.2 Å². The lowest BCUT2D eigenvalue weighted by Crippen LogP contribution is -2.39. The van der Waals surface area contributed by atoms with Crippen LogP contribution in [0.1, 0.15) is 33.0 Å². The van der Waals surface area contributed by atoms with Gasteiger partial charge in [0.15, 0.2) is 5.82 Å². The zero-order valence-corrected chi connectivity index (χ0v) is 21.0. The van der Waals surface area contributed by atoms with Crippen LogP contribution in [0.5, 0.6) is 0 Å². The number of nitrogens with two attached hydrogens (primary N) is 1. The normalized spacial score (nSPS) is 14.3. The molecule has 0 fully saturated rings. The smallest absolute Gasteiger partial charge is 0.410 e. The van der Waals surface area contributed by atoms with Crippen LogP contribution in [0.4, 0.5) is 10.6 Å². The predicted octanol–water partition coefficient (Wildman–Crippen LogP) is 4.76. The van der Waals surface area contributed by atoms with Gasteiger partial charge in [0.1, 0.15) is 38.8 Å². The number of hydrogen-bond acceptors (Lipinski definition) is 8. The van der Waals surface area contributed by atoms with E-state index in [2.05, 4.69) is 20.6 Å². The van der Waals surface area contributed by atoms with E-state index in [0.29, 0.717) is 30.8 Å². The Morgan fingerprint density at radius 1 is 1.14 bits per heavy atom. The summed E-state index contributed by atoms with van der Waals surface area (Å²) in [5, 5.41) is 0.777. The molecule has 4 aromatic rings. The number of imidazole rings is 1. The van der Waals surface area contributed by atoms with Gasteiger partial charge in [-0.2, -0.15) is 0 Å². The van der Waals surface area contributed by atoms with Crippen molar-refractivity contribution in [2.45, 2.75) is 32.8 Å². The van der Waals surface area contributed by atoms with E-state index in [4.69, 9.17) is 20.4 Å². The van der Waals surface area contributed by atoms with Crippen molar-refractivity contribution < 1.29 is 9.53 Å². The molecule has 1 aliphatic rings. The average Bonchev–Trinajstić information content (AvgIpc) is 3.40. The first-order valence-electron chi connectivity index (χ1n) is 11.4. The van der Waals surface area contributed by atoms with Crippen molar-refractivity contribution in [2.24, 2.45) is 7.05 Å². The second-order valence-electron chi connectivity index (χ2n) is 9.40. The molecule has 3 aromatic heterocycles. The third-order valence-electron chi connectivity index (χ3n) is 5.72. The molecule has 0 atom stereocenters. The number of hydrogen-bond donors (Lipinski definition) is 1. The van der Waals surface area contributed by atoms with Gasteiger partial charge in [0.2, 0.25) is 0 Å². The van der Waals surface area contributed by atoms with Gasteiger partial charge in [0.25, 0.3) is 0 Å². The van der Waals surface area contributed by atoms with E-state index >= 15 is 0 Å². The summed E-state index contributed by atoms with van der Waals surface area (Å²) in [6, 6.07) is 10.0. The summed E-state index contributed by atoms with van der Waals surface area (Å²) in [7, 11) is 1.99. The van der Waals surface area contributed by atoms with Gasteiger partial charge in [-0.15, -0.1) is 0 Å². The second-order valence-corrected chi connectivity index (χ2v) is 10.4. The average molecular weight is 490 g/mol. The van der Waals surface area contributed by atoms with E-state index < -0.39 is 5.60 Å². The highest BCUT2D eigenvalue weighted by Crippen LogP contribution is 2.39. The minimum Gasteiger partial charge on any atom is -0.444 e. The number of amides is 1. The van der Waals surface area contributed by atoms with Gasteiger partial charge in [0, 0.05) is 25.7 Å². The first-order chi connectivity index (χ1) is 16.7. The van der Waals surface area contributed by atoms with E-state index in [1.807, 2.05) is 58.2 Å². The minimum absolute atomic E-state index is 0.300. The third kappa shape index (κ3) is 4.49. The fourth-order valence-electron chi connectivity index (χ4n) is 4.06. The molecule has 0 radical (unpaired) electrons. The maximum Gasteiger partial charge on any atom is 0.410 e. The number of nitrogen functional groups attached to an aromatic ring is 1. The monoisotopic (exact) mass is 489 g/mol. The van der Waals surface area contributed by atoms with Gasteiger partial charge in [-0.25, -0.2) is 24.7 Å². The van der Waals surface area contributed by atoms with Gasteiger partial charge >= 0.3 is 6.09 Å². The second kappa shape index (κ2) is 8.77. The van der Waals surface area contributed by atoms with Crippen molar-refractivity contribution >= 4 is 39.2 Å². The molecule has 0 aliphatic carbocycles. The molecule has 0 unspecified atom stereocenters. The Morgan fingerprint density at radius 3 is 2.57 bits per heavy atom. The molecule has 10 heteroatoms. The summed E-state index contributed by atoms with van der Waals surface area (Å²) in [5.41, 5.74) is 9.93. The molecular weight excluding hydrogens is 462 g/mol. The summed E-state index contributed by atoms with van der Waals surface area (Å²) in [4.78, 5) is 33.2. The summed E-state index contributed by atoms with van der Waals surface area (Å²) in [5.74, 6) is 1.21. The summed E-state index contributed by atoms with van der Waals surface area (Å²) >= 11 is 1.47. The fraction of sp³-hybridized carbons (Fsp3) is 0.320. The first-order valence-corrected chi connectivity index (χ1v) is 12.2. The van der Waals surface area contributed by atoms with E-state index in [1.54, 1.807) is 4.90 Å². The number of carbonyl (C=O) groups is 1. The molecule has 5 rings (SSSR count). The molecule has 1 amide bonds. The molecule has 4 heterocycles. The van der Waals surface area contributed by atoms with E-state index in [-0.39, 0.29) is 6.09 Å². The van der Waals surface area contributed by atoms with Crippen molar-refractivity contribution in [2.75, 3.05) is 18.8 Å². The van der Waals surface area contributed by atoms with Crippen LogP contribution in [0.2, 0.25) is 0 Å². The van der Waals surface area contributed by atoms with E-state index in [0.717, 1.165) is 38.2 Å². The number of thiazole rings is 1. The molecule has 0 saturated heterocycles. The zero-order valence-electron chi connectivity index (χ0n) is 20.1. The maximum atomic E-state index is 12.5. The van der Waals surface area contributed by atoms with E-state index in [9.17, 15) is 4.79 Å². The number of ether oxygens (including phenoxy) is 1. The Morgan fingerprint density at radius 2 is 1.91 bits per heavy atom. The molecule has 1 aliphatic heterocycles. The maximum absolute atomic E-state index is 12.5. The third-order valence-corrected chi connectivity index (χ3v) is 6.69. The molecule has 2 N–H and O–H groups in total. The van der Waals surface area contributed by atoms with Crippen LogP contribution >= 0.6 is 11.3 Å². The Hall–Kier alpha value is -3.79. The quantitative estimate of drug-likeness (QED) is 0.441. The van der Waals surface area contributed by atoms with Gasteiger partial charge in [-0.3, -0.25) is 0 Å². The Kier molecular flexibility index (Phi) is 5.76. The number of anilines is 1. The van der Waals surface area contributed by atoms with Crippen molar-refractivity contribution in [1.82, 2.24) is 29.4 Å². The molecule has 180 valence electrons. The molecular formula is C25H27N7O2S. The highest BCUT2D eigenvalue weighted by molar-refractivity contribution is 7.21. The van der Waals surface area contributed by atoms with Crippen LogP contribution in [0.15, 0.2) is 42.7 Å². The zero-order chi connectivity index (χ0) is 24.7. The molecule has 0 saturated carbocycles. The predicted molar refractivity (Wildman–Crippen MR) is 138 cm³/mol. The van der Waals surface area contributed by atoms with Gasteiger partial charge in [0.05, 0.1) is 5.69 Å². The largest absolute Gasteiger partial charge is 0.444 e. The van der Waals surface area contributed by atoms with Gasteiger partial charge in [-0.05, 0) is 32.8 Å². The molecule has 35 heavy (non-hydrogen) atoms. The topological polar surface area (TPSA) is 112 Å². The summed E-state index contributed by atoms with van der Waals surface area (Å²) in [6.07, 6.45) is 3.88. The summed E-state index contributed by atoms with van der Waals surface area (Å²) < 4.78 is 7.60. The molecule has 0 spiro atoms. The lowest BCUT2D eigenvalue weighted by atomic mass is 10.1. The molecule has 0 bridgehead atoms. The SMILES string of the molecule is Cn1c(C2=CCN(C(=O)OC(C)(C)C)CC2)nc(-c2ccccc2)c1-c1nc2c(N)ncnc2s1. The van der Waals surface area contributed by atoms with Gasteiger partial charge in [-0.1, -0.05) is 47.7 Å². The van der Waals surface area contributed by atoms with Crippen molar-refractivity contribution in [1.29, 1.82) is 0 Å². The van der Waals surface area contributed by atoms with Crippen LogP contribution < -0.4 is 5.73 Å². The van der Waals surface area contributed by atoms with Crippen LogP contribution in [0, 0.1) is 0 Å². The van der Waals surface area contributed by atoms with Crippen LogP contribution in [0.25, 0.3) is 37.9 Å². The number of aromatic nitrogens is 5. The first kappa shape index (κ1) is 23.0. The highest BCUT2D eigenvalue weighted by atomic mass is 32.1. The number of rotatable bonds is 3.